The molecular formula is H14Cl2O6Si7. The lowest BCUT2D eigenvalue weighted by molar-refractivity contribution is 0.367. The molecule has 0 heterocycles. The summed E-state index contributed by atoms with van der Waals surface area (Å²) in [6.07, 6.45) is 0. The summed E-state index contributed by atoms with van der Waals surface area (Å²) in [5.74, 6) is 0. The molecule has 0 atom stereocenters. The summed E-state index contributed by atoms with van der Waals surface area (Å²) in [6, 6.07) is 0. The van der Waals surface area contributed by atoms with Crippen molar-refractivity contribution < 1.29 is 24.7 Å². The molecule has 0 aliphatic heterocycles. The van der Waals surface area contributed by atoms with Crippen LogP contribution < -0.4 is 0 Å². The van der Waals surface area contributed by atoms with Crippen LogP contribution in [0.5, 0.6) is 0 Å². The van der Waals surface area contributed by atoms with Gasteiger partial charge in [0.25, 0.3) is 40.0 Å². The fourth-order valence-electron chi connectivity index (χ4n) is 0.497. The Morgan fingerprint density at radius 1 is 0.800 bits per heavy atom. The minimum atomic E-state index is -3.03. The fraction of sp³-hybridized carbons (Fsp3) is 0. The maximum Gasteiger partial charge on any atom is 0.532 e. The van der Waals surface area contributed by atoms with Gasteiger partial charge in [0, 0.05) is 0 Å². The van der Waals surface area contributed by atoms with Crippen molar-refractivity contribution in [1.82, 2.24) is 0 Å². The Labute approximate surface area is 115 Å². The highest BCUT2D eigenvalue weighted by Gasteiger charge is 2.33. The van der Waals surface area contributed by atoms with Gasteiger partial charge in [-0.1, -0.05) is 22.2 Å². The average Bonchev–Trinajstić information content (AvgIpc) is 2.20. The van der Waals surface area contributed by atoms with Crippen LogP contribution in [0, 0.1) is 0 Å². The van der Waals surface area contributed by atoms with Crippen molar-refractivity contribution in [2.75, 3.05) is 0 Å². The molecule has 0 aliphatic rings. The molecule has 0 aromatic rings. The van der Waals surface area contributed by atoms with Crippen molar-refractivity contribution >= 4 is 90.3 Å². The van der Waals surface area contributed by atoms with E-state index in [4.69, 9.17) is 46.8 Å². The summed E-state index contributed by atoms with van der Waals surface area (Å²) >= 11 is 11.7. The topological polar surface area (TPSA) is 55.4 Å². The Balaban J connectivity index is 3.40. The van der Waals surface area contributed by atoms with Gasteiger partial charge < -0.3 is 24.7 Å². The van der Waals surface area contributed by atoms with Crippen LogP contribution in [0.3, 0.4) is 0 Å². The molecule has 0 radical (unpaired) electrons. The van der Waals surface area contributed by atoms with Gasteiger partial charge in [-0.25, -0.2) is 0 Å². The van der Waals surface area contributed by atoms with Crippen LogP contribution in [-0.2, 0) is 24.7 Å². The van der Waals surface area contributed by atoms with Gasteiger partial charge >= 0.3 is 7.18 Å². The van der Waals surface area contributed by atoms with E-state index in [-0.39, 0.29) is 0 Å². The van der Waals surface area contributed by atoms with E-state index < -0.39 is 47.2 Å². The van der Waals surface area contributed by atoms with Crippen LogP contribution in [-0.4, -0.2) is 68.2 Å². The van der Waals surface area contributed by atoms with Gasteiger partial charge in [0.15, 0.2) is 0 Å². The van der Waals surface area contributed by atoms with Gasteiger partial charge in [-0.2, -0.15) is 0 Å². The molecule has 92 valence electrons. The normalized spacial score (nSPS) is 15.6. The monoisotopic (exact) mass is 376 g/mol. The molecule has 15 heavy (non-hydrogen) atoms. The third-order valence-electron chi connectivity index (χ3n) is 1.02. The first-order valence-corrected chi connectivity index (χ1v) is 14.0. The standard InChI is InChI=1S/Cl2H14O6Si7/c1-15(2,7-13-5-11-3-9)8-14-6-12-4-10/h11-14H2,9-10H3. The zero-order valence-corrected chi connectivity index (χ0v) is 20.7. The molecule has 15 heteroatoms. The second-order valence-electron chi connectivity index (χ2n) is 2.21. The van der Waals surface area contributed by atoms with E-state index in [0.717, 1.165) is 0 Å². The molecule has 0 rings (SSSR count). The van der Waals surface area contributed by atoms with Gasteiger partial charge in [-0.05, 0) is 0 Å². The highest BCUT2D eigenvalue weighted by atomic mass is 35.7. The number of hydrogen-bond acceptors (Lipinski definition) is 6. The summed E-state index contributed by atoms with van der Waals surface area (Å²) in [5, 5.41) is 0. The van der Waals surface area contributed by atoms with Crippen molar-refractivity contribution in [1.29, 1.82) is 0 Å². The highest BCUT2D eigenvalue weighted by molar-refractivity contribution is 7.40. The van der Waals surface area contributed by atoms with E-state index in [1.165, 1.54) is 0 Å². The number of hydrogen-bond donors (Lipinski definition) is 0. The zero-order valence-electron chi connectivity index (χ0n) is 8.53. The molecule has 0 bridgehead atoms. The predicted octanol–water partition coefficient (Wildman–Crippen LogP) is -5.44. The molecule has 0 saturated carbocycles. The van der Waals surface area contributed by atoms with Crippen LogP contribution >= 0.6 is 22.2 Å². The van der Waals surface area contributed by atoms with Gasteiger partial charge in [0.1, 0.15) is 21.0 Å². The first kappa shape index (κ1) is 16.9. The summed E-state index contributed by atoms with van der Waals surface area (Å²) in [5.41, 5.74) is 0. The second-order valence-corrected chi connectivity index (χ2v) is 17.8. The zero-order chi connectivity index (χ0) is 11.6. The highest BCUT2D eigenvalue weighted by Crippen LogP contribution is 2.16. The quantitative estimate of drug-likeness (QED) is 0.215. The van der Waals surface area contributed by atoms with E-state index in [1.54, 1.807) is 0 Å². The molecule has 0 amide bonds. The van der Waals surface area contributed by atoms with Crippen molar-refractivity contribution in [3.8, 4) is 0 Å². The number of rotatable bonds is 10. The maximum atomic E-state index is 5.83. The summed E-state index contributed by atoms with van der Waals surface area (Å²) in [4.78, 5) is 0. The smallest absolute Gasteiger partial charge is 0.449 e. The summed E-state index contributed by atoms with van der Waals surface area (Å²) < 4.78 is 30.6. The van der Waals surface area contributed by atoms with E-state index in [0.29, 0.717) is 21.0 Å². The lowest BCUT2D eigenvalue weighted by atomic mass is 15.7. The van der Waals surface area contributed by atoms with Gasteiger partial charge in [0.05, 0.1) is 0 Å². The molecule has 0 saturated heterocycles. The lowest BCUT2D eigenvalue weighted by Gasteiger charge is -2.17. The Morgan fingerprint density at radius 2 is 1.20 bits per heavy atom. The van der Waals surface area contributed by atoms with Crippen LogP contribution in [0.25, 0.3) is 0 Å². The van der Waals surface area contributed by atoms with Gasteiger partial charge in [0.2, 0.25) is 0 Å². The average molecular weight is 378 g/mol. The SMILES string of the molecule is [SiH3]O[SiH2]O[SiH2]O[Si](Cl)(Cl)O[SiH2]O[SiH2]O[SiH3]. The van der Waals surface area contributed by atoms with E-state index in [9.17, 15) is 0 Å². The third kappa shape index (κ3) is 12.1. The Kier molecular flexibility index (Phi) is 12.3. The lowest BCUT2D eigenvalue weighted by Crippen LogP contribution is -2.35. The maximum absolute atomic E-state index is 5.83. The van der Waals surface area contributed by atoms with Gasteiger partial charge in [-0.3, -0.25) is 0 Å². The van der Waals surface area contributed by atoms with E-state index >= 15 is 0 Å². The summed E-state index contributed by atoms with van der Waals surface area (Å²) in [7, 11) is -5.66. The molecule has 0 unspecified atom stereocenters. The van der Waals surface area contributed by atoms with E-state index in [1.807, 2.05) is 0 Å². The molecule has 0 N–H and O–H groups in total. The largest absolute Gasteiger partial charge is 0.532 e. The molecular weight excluding hydrogens is 364 g/mol. The third-order valence-corrected chi connectivity index (χ3v) is 13.1. The molecule has 6 nitrogen and oxygen atoms in total. The minimum Gasteiger partial charge on any atom is -0.449 e. The second kappa shape index (κ2) is 11.0. The molecule has 0 fully saturated rings. The van der Waals surface area contributed by atoms with Crippen LogP contribution in [0.1, 0.15) is 0 Å². The fourth-order valence-corrected chi connectivity index (χ4v) is 11.3. The predicted molar refractivity (Wildman–Crippen MR) is 78.0 cm³/mol. The van der Waals surface area contributed by atoms with Crippen molar-refractivity contribution in [2.45, 2.75) is 0 Å². The van der Waals surface area contributed by atoms with Crippen molar-refractivity contribution in [3.63, 3.8) is 0 Å². The molecule has 0 aliphatic carbocycles. The molecule has 0 aromatic heterocycles. The number of halogens is 2. The molecule has 0 spiro atoms. The first-order chi connectivity index (χ1) is 7.12. The Bertz CT molecular complexity index is 131. The minimum absolute atomic E-state index is 0.696. The first-order valence-electron chi connectivity index (χ1n) is 3.91. The molecule has 0 aromatic carbocycles. The van der Waals surface area contributed by atoms with Gasteiger partial charge in [-0.15, -0.1) is 0 Å². The Morgan fingerprint density at radius 3 is 1.53 bits per heavy atom. The van der Waals surface area contributed by atoms with Crippen LogP contribution in [0.15, 0.2) is 0 Å². The van der Waals surface area contributed by atoms with E-state index in [2.05, 4.69) is 0 Å². The summed E-state index contributed by atoms with van der Waals surface area (Å²) in [6.45, 7) is 0. The van der Waals surface area contributed by atoms with Crippen molar-refractivity contribution in [2.24, 2.45) is 0 Å². The van der Waals surface area contributed by atoms with Crippen molar-refractivity contribution in [3.05, 3.63) is 0 Å². The van der Waals surface area contributed by atoms with Crippen LogP contribution in [0.2, 0.25) is 0 Å². The van der Waals surface area contributed by atoms with Crippen LogP contribution in [0.4, 0.5) is 0 Å². The Hall–Kier alpha value is 1.86.